The second-order valence-electron chi connectivity index (χ2n) is 3.56. The number of imidazole rings is 1. The van der Waals surface area contributed by atoms with E-state index in [1.54, 1.807) is 13.1 Å². The number of carbonyl (C=O) groups is 2. The smallest absolute Gasteiger partial charge is 0.328 e. The Labute approximate surface area is 105 Å². The number of esters is 1. The second-order valence-corrected chi connectivity index (χ2v) is 3.56. The maximum atomic E-state index is 11.5. The number of aromatic amines is 1. The summed E-state index contributed by atoms with van der Waals surface area (Å²) in [6.07, 6.45) is 3.39. The lowest BCUT2D eigenvalue weighted by atomic mass is 10.1. The fourth-order valence-electron chi connectivity index (χ4n) is 1.38. The monoisotopic (exact) mass is 255 g/mol. The lowest BCUT2D eigenvalue weighted by Crippen LogP contribution is -2.44. The highest BCUT2D eigenvalue weighted by atomic mass is 16.5. The normalized spacial score (nSPS) is 11.9. The quantitative estimate of drug-likeness (QED) is 0.649. The first-order valence-electron chi connectivity index (χ1n) is 5.59. The number of H-pyrrole nitrogens is 1. The van der Waals surface area contributed by atoms with Crippen LogP contribution in [0.1, 0.15) is 12.6 Å². The third kappa shape index (κ3) is 4.54. The molecule has 1 heterocycles. The Hall–Kier alpha value is -1.89. The molecule has 0 radical (unpaired) electrons. The standard InChI is InChI=1S/C11H17N3O4/c1-3-18-6-10(15)14-9(11(16)17-2)4-8-5-12-7-13-8/h5,7,9H,3-4,6H2,1-2H3,(H,12,13)(H,14,15)/t9-/m0/s1. The summed E-state index contributed by atoms with van der Waals surface area (Å²) in [4.78, 5) is 29.7. The van der Waals surface area contributed by atoms with Crippen molar-refractivity contribution in [2.75, 3.05) is 20.3 Å². The SMILES string of the molecule is CCOCC(=O)N[C@@H](Cc1cnc[nH]1)C(=O)OC. The summed E-state index contributed by atoms with van der Waals surface area (Å²) in [5.41, 5.74) is 0.738. The zero-order valence-corrected chi connectivity index (χ0v) is 10.4. The fourth-order valence-corrected chi connectivity index (χ4v) is 1.38. The topological polar surface area (TPSA) is 93.3 Å². The van der Waals surface area contributed by atoms with Crippen LogP contribution in [-0.4, -0.2) is 48.2 Å². The number of carbonyl (C=O) groups excluding carboxylic acids is 2. The van der Waals surface area contributed by atoms with Crippen LogP contribution in [-0.2, 0) is 25.5 Å². The molecule has 0 fully saturated rings. The van der Waals surface area contributed by atoms with Crippen LogP contribution in [0.3, 0.4) is 0 Å². The number of hydrogen-bond donors (Lipinski definition) is 2. The van der Waals surface area contributed by atoms with E-state index in [1.807, 2.05) is 0 Å². The first-order chi connectivity index (χ1) is 8.67. The maximum Gasteiger partial charge on any atom is 0.328 e. The Balaban J connectivity index is 2.55. The van der Waals surface area contributed by atoms with Gasteiger partial charge in [0.1, 0.15) is 12.6 Å². The molecule has 0 bridgehead atoms. The van der Waals surface area contributed by atoms with E-state index in [0.717, 1.165) is 5.69 Å². The van der Waals surface area contributed by atoms with Gasteiger partial charge >= 0.3 is 5.97 Å². The van der Waals surface area contributed by atoms with Crippen molar-refractivity contribution in [3.05, 3.63) is 18.2 Å². The summed E-state index contributed by atoms with van der Waals surface area (Å²) in [6, 6.07) is -0.747. The average Bonchev–Trinajstić information content (AvgIpc) is 2.87. The highest BCUT2D eigenvalue weighted by Gasteiger charge is 2.22. The summed E-state index contributed by atoms with van der Waals surface area (Å²) >= 11 is 0. The van der Waals surface area contributed by atoms with Crippen LogP contribution in [0.5, 0.6) is 0 Å². The average molecular weight is 255 g/mol. The molecule has 0 unspecified atom stereocenters. The third-order valence-corrected chi connectivity index (χ3v) is 2.24. The van der Waals surface area contributed by atoms with Crippen LogP contribution in [0.25, 0.3) is 0 Å². The van der Waals surface area contributed by atoms with Crippen molar-refractivity contribution < 1.29 is 19.1 Å². The molecular weight excluding hydrogens is 238 g/mol. The molecule has 0 aliphatic rings. The Morgan fingerprint density at radius 3 is 2.89 bits per heavy atom. The zero-order valence-electron chi connectivity index (χ0n) is 10.4. The molecule has 0 aliphatic carbocycles. The van der Waals surface area contributed by atoms with Crippen LogP contribution in [0.15, 0.2) is 12.5 Å². The van der Waals surface area contributed by atoms with Crippen LogP contribution >= 0.6 is 0 Å². The highest BCUT2D eigenvalue weighted by Crippen LogP contribution is 2.00. The van der Waals surface area contributed by atoms with Crippen molar-refractivity contribution in [2.24, 2.45) is 0 Å². The van der Waals surface area contributed by atoms with Crippen molar-refractivity contribution in [3.8, 4) is 0 Å². The molecule has 0 aromatic carbocycles. The number of nitrogens with one attached hydrogen (secondary N) is 2. The molecule has 100 valence electrons. The van der Waals surface area contributed by atoms with Crippen molar-refractivity contribution >= 4 is 11.9 Å². The van der Waals surface area contributed by atoms with E-state index in [1.165, 1.54) is 13.4 Å². The van der Waals surface area contributed by atoms with Gasteiger partial charge in [0.2, 0.25) is 5.91 Å². The summed E-state index contributed by atoms with van der Waals surface area (Å²) in [7, 11) is 1.27. The molecule has 0 saturated carbocycles. The highest BCUT2D eigenvalue weighted by molar-refractivity contribution is 5.85. The molecule has 1 rings (SSSR count). The van der Waals surface area contributed by atoms with E-state index >= 15 is 0 Å². The van der Waals surface area contributed by atoms with Gasteiger partial charge < -0.3 is 19.8 Å². The van der Waals surface area contributed by atoms with Gasteiger partial charge in [-0.15, -0.1) is 0 Å². The first kappa shape index (κ1) is 14.2. The summed E-state index contributed by atoms with van der Waals surface area (Å²) in [5.74, 6) is -0.860. The Morgan fingerprint density at radius 1 is 1.56 bits per heavy atom. The van der Waals surface area contributed by atoms with E-state index in [4.69, 9.17) is 4.74 Å². The number of ether oxygens (including phenoxy) is 2. The lowest BCUT2D eigenvalue weighted by Gasteiger charge is -2.15. The predicted octanol–water partition coefficient (Wildman–Crippen LogP) is -0.353. The van der Waals surface area contributed by atoms with Crippen LogP contribution in [0.2, 0.25) is 0 Å². The lowest BCUT2D eigenvalue weighted by molar-refractivity contribution is -0.145. The number of amides is 1. The molecule has 7 nitrogen and oxygen atoms in total. The van der Waals surface area contributed by atoms with Crippen LogP contribution < -0.4 is 5.32 Å². The molecule has 0 saturated heterocycles. The van der Waals surface area contributed by atoms with Crippen molar-refractivity contribution in [3.63, 3.8) is 0 Å². The summed E-state index contributed by atoms with van der Waals surface area (Å²) < 4.78 is 9.60. The van der Waals surface area contributed by atoms with E-state index in [9.17, 15) is 9.59 Å². The largest absolute Gasteiger partial charge is 0.467 e. The molecule has 1 aromatic heterocycles. The Morgan fingerprint density at radius 2 is 2.33 bits per heavy atom. The van der Waals surface area contributed by atoms with Gasteiger partial charge in [-0.05, 0) is 6.92 Å². The minimum atomic E-state index is -0.747. The van der Waals surface area contributed by atoms with E-state index in [-0.39, 0.29) is 12.5 Å². The van der Waals surface area contributed by atoms with Crippen LogP contribution in [0.4, 0.5) is 0 Å². The number of nitrogens with zero attached hydrogens (tertiary/aromatic N) is 1. The summed E-state index contributed by atoms with van der Waals surface area (Å²) in [5, 5.41) is 2.55. The zero-order chi connectivity index (χ0) is 13.4. The molecule has 1 aromatic rings. The Kier molecular flexibility index (Phi) is 5.86. The molecule has 2 N–H and O–H groups in total. The second kappa shape index (κ2) is 7.44. The molecule has 7 heteroatoms. The third-order valence-electron chi connectivity index (χ3n) is 2.24. The van der Waals surface area contributed by atoms with Gasteiger partial charge in [0.25, 0.3) is 0 Å². The molecule has 1 atom stereocenters. The Bertz CT molecular complexity index is 378. The minimum Gasteiger partial charge on any atom is -0.467 e. The number of methoxy groups -OCH3 is 1. The number of hydrogen-bond acceptors (Lipinski definition) is 5. The van der Waals surface area contributed by atoms with Gasteiger partial charge in [0.05, 0.1) is 13.4 Å². The fraction of sp³-hybridized carbons (Fsp3) is 0.545. The van der Waals surface area contributed by atoms with Gasteiger partial charge in [0, 0.05) is 24.9 Å². The molecule has 0 aliphatic heterocycles. The van der Waals surface area contributed by atoms with Crippen LogP contribution in [0, 0.1) is 0 Å². The van der Waals surface area contributed by atoms with Gasteiger partial charge in [-0.2, -0.15) is 0 Å². The van der Waals surface area contributed by atoms with E-state index in [0.29, 0.717) is 13.0 Å². The molecular formula is C11H17N3O4. The van der Waals surface area contributed by atoms with Gasteiger partial charge in [-0.3, -0.25) is 4.79 Å². The predicted molar refractivity (Wildman–Crippen MR) is 62.7 cm³/mol. The van der Waals surface area contributed by atoms with E-state index in [2.05, 4.69) is 20.0 Å². The van der Waals surface area contributed by atoms with E-state index < -0.39 is 12.0 Å². The number of rotatable bonds is 7. The maximum absolute atomic E-state index is 11.5. The molecule has 0 spiro atoms. The van der Waals surface area contributed by atoms with Gasteiger partial charge in [-0.1, -0.05) is 0 Å². The van der Waals surface area contributed by atoms with Gasteiger partial charge in [-0.25, -0.2) is 9.78 Å². The van der Waals surface area contributed by atoms with Crippen molar-refractivity contribution in [1.82, 2.24) is 15.3 Å². The molecule has 18 heavy (non-hydrogen) atoms. The minimum absolute atomic E-state index is 0.0764. The number of aromatic nitrogens is 2. The first-order valence-corrected chi connectivity index (χ1v) is 5.59. The summed E-state index contributed by atoms with van der Waals surface area (Å²) in [6.45, 7) is 2.15. The van der Waals surface area contributed by atoms with Crippen molar-refractivity contribution in [2.45, 2.75) is 19.4 Å². The van der Waals surface area contributed by atoms with Gasteiger partial charge in [0.15, 0.2) is 0 Å². The van der Waals surface area contributed by atoms with Crippen molar-refractivity contribution in [1.29, 1.82) is 0 Å². The molecule has 1 amide bonds.